The number of carbonyl (C=O) groups is 1. The molecule has 1 amide bonds. The third kappa shape index (κ3) is 4.00. The number of anilines is 1. The lowest BCUT2D eigenvalue weighted by Gasteiger charge is -2.38. The molecule has 2 saturated heterocycles. The Labute approximate surface area is 156 Å². The van der Waals surface area contributed by atoms with Gasteiger partial charge < -0.3 is 10.2 Å². The van der Waals surface area contributed by atoms with Crippen molar-refractivity contribution in [3.8, 4) is 0 Å². The van der Waals surface area contributed by atoms with Gasteiger partial charge in [0.25, 0.3) is 5.91 Å². The summed E-state index contributed by atoms with van der Waals surface area (Å²) in [4.78, 5) is 20.4. The number of hydrogen-bond acceptors (Lipinski definition) is 4. The Balaban J connectivity index is 1.58. The Bertz CT molecular complexity index is 650. The van der Waals surface area contributed by atoms with E-state index in [4.69, 9.17) is 0 Å². The predicted octanol–water partition coefficient (Wildman–Crippen LogP) is 2.92. The van der Waals surface area contributed by atoms with Crippen molar-refractivity contribution in [2.24, 2.45) is 11.3 Å². The molecule has 0 aliphatic carbocycles. The molecule has 2 aliphatic rings. The molecule has 0 bridgehead atoms. The molecule has 0 aromatic carbocycles. The van der Waals surface area contributed by atoms with E-state index >= 15 is 0 Å². The molecule has 1 N–H and O–H groups in total. The van der Waals surface area contributed by atoms with Gasteiger partial charge in [0.05, 0.1) is 11.9 Å². The molecule has 3 rings (SSSR count). The Morgan fingerprint density at radius 2 is 1.92 bits per heavy atom. The highest BCUT2D eigenvalue weighted by Crippen LogP contribution is 2.36. The van der Waals surface area contributed by atoms with Gasteiger partial charge in [0.15, 0.2) is 0 Å². The molecule has 26 heavy (non-hydrogen) atoms. The average molecular weight is 362 g/mol. The lowest BCUT2D eigenvalue weighted by molar-refractivity contribution is 0.0957. The number of rotatable bonds is 3. The largest absolute Gasteiger partial charge is 0.368 e. The number of piperidine rings is 1. The van der Waals surface area contributed by atoms with Crippen LogP contribution in [0.1, 0.15) is 50.5 Å². The van der Waals surface area contributed by atoms with Crippen LogP contribution >= 0.6 is 0 Å². The highest BCUT2D eigenvalue weighted by Gasteiger charge is 2.36. The summed E-state index contributed by atoms with van der Waals surface area (Å²) >= 11 is 0. The number of pyridine rings is 1. The number of nitrogens with zero attached hydrogens (tertiary/aromatic N) is 3. The summed E-state index contributed by atoms with van der Waals surface area (Å²) < 4.78 is 14.4. The quantitative estimate of drug-likeness (QED) is 0.898. The Hall–Kier alpha value is -1.69. The fourth-order valence-electron chi connectivity index (χ4n) is 4.21. The summed E-state index contributed by atoms with van der Waals surface area (Å²) in [5.74, 6) is 0.0297. The first kappa shape index (κ1) is 19.1. The molecular formula is C20H31FN4O. The lowest BCUT2D eigenvalue weighted by Crippen LogP contribution is -2.44. The maximum atomic E-state index is 14.4. The topological polar surface area (TPSA) is 48.5 Å². The van der Waals surface area contributed by atoms with E-state index in [9.17, 15) is 9.18 Å². The number of hydrogen-bond donors (Lipinski definition) is 1. The van der Waals surface area contributed by atoms with Crippen molar-refractivity contribution < 1.29 is 9.18 Å². The zero-order valence-corrected chi connectivity index (χ0v) is 16.4. The van der Waals surface area contributed by atoms with E-state index in [0.717, 1.165) is 31.8 Å². The second-order valence-corrected chi connectivity index (χ2v) is 8.66. The van der Waals surface area contributed by atoms with Crippen LogP contribution in [-0.2, 0) is 0 Å². The van der Waals surface area contributed by atoms with E-state index in [1.165, 1.54) is 38.8 Å². The van der Waals surface area contributed by atoms with Crippen molar-refractivity contribution >= 4 is 11.6 Å². The first-order valence-corrected chi connectivity index (χ1v) is 9.66. The van der Waals surface area contributed by atoms with Gasteiger partial charge in [-0.25, -0.2) is 9.37 Å². The van der Waals surface area contributed by atoms with E-state index in [0.29, 0.717) is 17.1 Å². The molecule has 3 heterocycles. The van der Waals surface area contributed by atoms with E-state index < -0.39 is 0 Å². The maximum Gasteiger partial charge on any atom is 0.269 e. The average Bonchev–Trinajstić information content (AvgIpc) is 3.11. The molecule has 0 saturated carbocycles. The van der Waals surface area contributed by atoms with Crippen molar-refractivity contribution in [3.63, 3.8) is 0 Å². The van der Waals surface area contributed by atoms with Crippen molar-refractivity contribution in [1.29, 1.82) is 0 Å². The maximum absolute atomic E-state index is 14.4. The van der Waals surface area contributed by atoms with Crippen LogP contribution in [-0.4, -0.2) is 55.1 Å². The Kier molecular flexibility index (Phi) is 5.51. The van der Waals surface area contributed by atoms with Gasteiger partial charge in [0.2, 0.25) is 0 Å². The molecule has 6 heteroatoms. The highest BCUT2D eigenvalue weighted by atomic mass is 19.1. The number of aromatic nitrogens is 1. The Morgan fingerprint density at radius 1 is 1.23 bits per heavy atom. The number of amides is 1. The summed E-state index contributed by atoms with van der Waals surface area (Å²) in [6.07, 6.45) is 4.87. The van der Waals surface area contributed by atoms with Crippen LogP contribution in [0.5, 0.6) is 0 Å². The fourth-order valence-corrected chi connectivity index (χ4v) is 4.21. The van der Waals surface area contributed by atoms with Gasteiger partial charge >= 0.3 is 0 Å². The molecule has 144 valence electrons. The fraction of sp³-hybridized carbons (Fsp3) is 0.700. The second kappa shape index (κ2) is 7.51. The van der Waals surface area contributed by atoms with Crippen LogP contribution in [0, 0.1) is 17.2 Å². The Morgan fingerprint density at radius 3 is 2.46 bits per heavy atom. The van der Waals surface area contributed by atoms with Crippen molar-refractivity contribution in [1.82, 2.24) is 15.2 Å². The minimum Gasteiger partial charge on any atom is -0.368 e. The van der Waals surface area contributed by atoms with E-state index in [2.05, 4.69) is 40.9 Å². The molecule has 2 aliphatic heterocycles. The first-order chi connectivity index (χ1) is 12.3. The van der Waals surface area contributed by atoms with Crippen molar-refractivity contribution in [3.05, 3.63) is 23.8 Å². The van der Waals surface area contributed by atoms with Crippen molar-refractivity contribution in [2.75, 3.05) is 38.1 Å². The van der Waals surface area contributed by atoms with Crippen LogP contribution < -0.4 is 10.2 Å². The monoisotopic (exact) mass is 362 g/mol. The molecule has 1 aromatic rings. The third-order valence-corrected chi connectivity index (χ3v) is 6.06. The molecule has 1 aromatic heterocycles. The van der Waals surface area contributed by atoms with Gasteiger partial charge in [0, 0.05) is 38.8 Å². The van der Waals surface area contributed by atoms with E-state index in [1.807, 2.05) is 0 Å². The molecule has 0 radical (unpaired) electrons. The third-order valence-electron chi connectivity index (χ3n) is 6.06. The SMILES string of the molecule is CNC(=O)c1cc(F)c(N2CCC(N3CCC(C(C)(C)C)C3)CC2)cn1. The summed E-state index contributed by atoms with van der Waals surface area (Å²) in [6, 6.07) is 1.83. The molecular weight excluding hydrogens is 331 g/mol. The van der Waals surface area contributed by atoms with Crippen LogP contribution in [0.4, 0.5) is 10.1 Å². The summed E-state index contributed by atoms with van der Waals surface area (Å²) in [5, 5.41) is 2.47. The van der Waals surface area contributed by atoms with Gasteiger partial charge in [-0.15, -0.1) is 0 Å². The van der Waals surface area contributed by atoms with Gasteiger partial charge in [-0.2, -0.15) is 0 Å². The number of carbonyl (C=O) groups excluding carboxylic acids is 1. The van der Waals surface area contributed by atoms with Crippen LogP contribution in [0.15, 0.2) is 12.3 Å². The van der Waals surface area contributed by atoms with Gasteiger partial charge in [-0.3, -0.25) is 9.69 Å². The van der Waals surface area contributed by atoms with Gasteiger partial charge in [-0.1, -0.05) is 20.8 Å². The summed E-state index contributed by atoms with van der Waals surface area (Å²) in [5.41, 5.74) is 0.996. The smallest absolute Gasteiger partial charge is 0.269 e. The number of likely N-dealkylation sites (tertiary alicyclic amines) is 1. The van der Waals surface area contributed by atoms with E-state index in [1.54, 1.807) is 0 Å². The highest BCUT2D eigenvalue weighted by molar-refractivity contribution is 5.92. The summed E-state index contributed by atoms with van der Waals surface area (Å²) in [7, 11) is 1.52. The molecule has 0 spiro atoms. The van der Waals surface area contributed by atoms with Crippen LogP contribution in [0.25, 0.3) is 0 Å². The minimum atomic E-state index is -0.369. The molecule has 1 atom stereocenters. The molecule has 5 nitrogen and oxygen atoms in total. The van der Waals surface area contributed by atoms with Gasteiger partial charge in [-0.05, 0) is 37.1 Å². The number of halogens is 1. The standard InChI is InChI=1S/C20H31FN4O/c1-20(2,3)14-5-8-25(13-14)15-6-9-24(10-7-15)18-12-23-17(11-16(18)21)19(26)22-4/h11-12,14-15H,5-10,13H2,1-4H3,(H,22,26). The lowest BCUT2D eigenvalue weighted by atomic mass is 9.80. The first-order valence-electron chi connectivity index (χ1n) is 9.66. The van der Waals surface area contributed by atoms with Gasteiger partial charge in [0.1, 0.15) is 11.5 Å². The van der Waals surface area contributed by atoms with Crippen molar-refractivity contribution in [2.45, 2.75) is 46.1 Å². The zero-order chi connectivity index (χ0) is 18.9. The second-order valence-electron chi connectivity index (χ2n) is 8.66. The molecule has 1 unspecified atom stereocenters. The van der Waals surface area contributed by atoms with Crippen LogP contribution in [0.3, 0.4) is 0 Å². The molecule has 2 fully saturated rings. The predicted molar refractivity (Wildman–Crippen MR) is 102 cm³/mol. The van der Waals surface area contributed by atoms with E-state index in [-0.39, 0.29) is 17.4 Å². The van der Waals surface area contributed by atoms with Crippen LogP contribution in [0.2, 0.25) is 0 Å². The normalized spacial score (nSPS) is 22.7. The summed E-state index contributed by atoms with van der Waals surface area (Å²) in [6.45, 7) is 11.0. The zero-order valence-electron chi connectivity index (χ0n) is 16.4. The minimum absolute atomic E-state index is 0.119. The number of nitrogens with one attached hydrogen (secondary N) is 1.